The molecular formula is C9H16O4. The van der Waals surface area contributed by atoms with Crippen LogP contribution in [0.4, 0.5) is 0 Å². The second kappa shape index (κ2) is 2.96. The van der Waals surface area contributed by atoms with E-state index in [2.05, 4.69) is 0 Å². The van der Waals surface area contributed by atoms with Crippen LogP contribution in [-0.2, 0) is 4.79 Å². The van der Waals surface area contributed by atoms with Gasteiger partial charge in [0.25, 0.3) is 0 Å². The molecule has 0 aromatic heterocycles. The van der Waals surface area contributed by atoms with E-state index in [1.54, 1.807) is 6.92 Å². The first-order valence-electron chi connectivity index (χ1n) is 4.44. The summed E-state index contributed by atoms with van der Waals surface area (Å²) in [6, 6.07) is 0. The van der Waals surface area contributed by atoms with Gasteiger partial charge in [-0.3, -0.25) is 4.79 Å². The third-order valence-corrected chi connectivity index (χ3v) is 3.13. The van der Waals surface area contributed by atoms with Crippen molar-refractivity contribution in [2.75, 3.05) is 0 Å². The van der Waals surface area contributed by atoms with Crippen molar-refractivity contribution < 1.29 is 20.1 Å². The molecule has 4 heteroatoms. The van der Waals surface area contributed by atoms with E-state index < -0.39 is 23.1 Å². The van der Waals surface area contributed by atoms with Crippen molar-refractivity contribution in [3.05, 3.63) is 0 Å². The number of hydrogen-bond donors (Lipinski definition) is 3. The van der Waals surface area contributed by atoms with Crippen LogP contribution < -0.4 is 0 Å². The molecule has 0 bridgehead atoms. The van der Waals surface area contributed by atoms with Crippen LogP contribution in [0, 0.1) is 5.92 Å². The molecule has 3 unspecified atom stereocenters. The van der Waals surface area contributed by atoms with E-state index >= 15 is 0 Å². The zero-order chi connectivity index (χ0) is 10.3. The molecule has 1 fully saturated rings. The summed E-state index contributed by atoms with van der Waals surface area (Å²) >= 11 is 0. The highest BCUT2D eigenvalue weighted by atomic mass is 16.4. The van der Waals surface area contributed by atoms with Gasteiger partial charge in [0.05, 0.1) is 17.1 Å². The minimum Gasteiger partial charge on any atom is -0.481 e. The first-order chi connectivity index (χ1) is 5.76. The Morgan fingerprint density at radius 2 is 1.85 bits per heavy atom. The fourth-order valence-electron chi connectivity index (χ4n) is 1.74. The van der Waals surface area contributed by atoms with Crippen LogP contribution in [0.3, 0.4) is 0 Å². The third-order valence-electron chi connectivity index (χ3n) is 3.13. The molecule has 1 aliphatic carbocycles. The summed E-state index contributed by atoms with van der Waals surface area (Å²) in [5.74, 6) is -1.43. The second-order valence-electron chi connectivity index (χ2n) is 4.33. The Morgan fingerprint density at radius 3 is 2.23 bits per heavy atom. The maximum Gasteiger partial charge on any atom is 0.306 e. The predicted molar refractivity (Wildman–Crippen MR) is 46.2 cm³/mol. The zero-order valence-electron chi connectivity index (χ0n) is 7.95. The molecule has 4 nitrogen and oxygen atoms in total. The fraction of sp³-hybridized carbons (Fsp3) is 0.889. The van der Waals surface area contributed by atoms with Crippen molar-refractivity contribution in [3.8, 4) is 0 Å². The topological polar surface area (TPSA) is 77.8 Å². The number of carboxylic acids is 1. The van der Waals surface area contributed by atoms with Gasteiger partial charge in [-0.25, -0.2) is 0 Å². The average molecular weight is 188 g/mol. The number of aliphatic carboxylic acids is 1. The molecule has 3 atom stereocenters. The van der Waals surface area contributed by atoms with Gasteiger partial charge in [-0.1, -0.05) is 0 Å². The normalized spacial score (nSPS) is 46.0. The quantitative estimate of drug-likeness (QED) is 0.555. The van der Waals surface area contributed by atoms with Gasteiger partial charge in [0.2, 0.25) is 0 Å². The largest absolute Gasteiger partial charge is 0.481 e. The van der Waals surface area contributed by atoms with Crippen LogP contribution in [0.2, 0.25) is 0 Å². The number of carboxylic acid groups (broad SMARTS) is 1. The van der Waals surface area contributed by atoms with Gasteiger partial charge in [0.15, 0.2) is 0 Å². The van der Waals surface area contributed by atoms with Gasteiger partial charge in [-0.05, 0) is 33.1 Å². The number of carbonyl (C=O) groups is 1. The minimum atomic E-state index is -1.30. The molecule has 0 amide bonds. The van der Waals surface area contributed by atoms with Gasteiger partial charge in [-0.2, -0.15) is 0 Å². The molecule has 1 rings (SSSR count). The highest BCUT2D eigenvalue weighted by Crippen LogP contribution is 2.39. The number of rotatable bonds is 1. The highest BCUT2D eigenvalue weighted by Gasteiger charge is 2.48. The van der Waals surface area contributed by atoms with E-state index in [1.165, 1.54) is 6.92 Å². The molecule has 3 N–H and O–H groups in total. The van der Waals surface area contributed by atoms with Gasteiger partial charge in [-0.15, -0.1) is 0 Å². The van der Waals surface area contributed by atoms with Crippen LogP contribution in [0.15, 0.2) is 0 Å². The summed E-state index contributed by atoms with van der Waals surface area (Å²) in [5.41, 5.74) is -2.47. The SMILES string of the molecule is CC1(O)CCC(C(=O)O)CC1(C)O. The van der Waals surface area contributed by atoms with E-state index in [9.17, 15) is 15.0 Å². The van der Waals surface area contributed by atoms with Gasteiger partial charge in [0, 0.05) is 0 Å². The van der Waals surface area contributed by atoms with Gasteiger partial charge in [0.1, 0.15) is 0 Å². The fourth-order valence-corrected chi connectivity index (χ4v) is 1.74. The van der Waals surface area contributed by atoms with Crippen LogP contribution in [0.5, 0.6) is 0 Å². The number of aliphatic hydroxyl groups is 2. The second-order valence-corrected chi connectivity index (χ2v) is 4.33. The van der Waals surface area contributed by atoms with Gasteiger partial charge < -0.3 is 15.3 Å². The first kappa shape index (κ1) is 10.5. The molecule has 1 saturated carbocycles. The van der Waals surface area contributed by atoms with E-state index in [0.717, 1.165) is 0 Å². The maximum atomic E-state index is 10.7. The summed E-state index contributed by atoms with van der Waals surface area (Å²) < 4.78 is 0. The minimum absolute atomic E-state index is 0.120. The van der Waals surface area contributed by atoms with Crippen LogP contribution in [0.1, 0.15) is 33.1 Å². The van der Waals surface area contributed by atoms with Gasteiger partial charge >= 0.3 is 5.97 Å². The van der Waals surface area contributed by atoms with E-state index in [4.69, 9.17) is 5.11 Å². The molecule has 0 radical (unpaired) electrons. The summed E-state index contributed by atoms with van der Waals surface area (Å²) in [6.07, 6.45) is 0.880. The van der Waals surface area contributed by atoms with E-state index in [0.29, 0.717) is 12.8 Å². The number of hydrogen-bond acceptors (Lipinski definition) is 3. The lowest BCUT2D eigenvalue weighted by molar-refractivity contribution is -0.177. The molecule has 0 aliphatic heterocycles. The Morgan fingerprint density at radius 1 is 1.31 bits per heavy atom. The molecule has 0 aromatic carbocycles. The summed E-state index contributed by atoms with van der Waals surface area (Å²) in [4.78, 5) is 10.7. The van der Waals surface area contributed by atoms with Crippen molar-refractivity contribution in [1.29, 1.82) is 0 Å². The Hall–Kier alpha value is -0.610. The molecule has 0 heterocycles. The summed E-state index contributed by atoms with van der Waals surface area (Å²) in [5, 5.41) is 28.3. The smallest absolute Gasteiger partial charge is 0.306 e. The lowest BCUT2D eigenvalue weighted by Gasteiger charge is -2.44. The summed E-state index contributed by atoms with van der Waals surface area (Å²) in [7, 11) is 0. The Balaban J connectivity index is 2.76. The summed E-state index contributed by atoms with van der Waals surface area (Å²) in [6.45, 7) is 3.03. The predicted octanol–water partition coefficient (Wildman–Crippen LogP) is 0.373. The first-order valence-corrected chi connectivity index (χ1v) is 4.44. The van der Waals surface area contributed by atoms with Crippen molar-refractivity contribution >= 4 is 5.97 Å². The average Bonchev–Trinajstić information content (AvgIpc) is 1.94. The molecule has 0 spiro atoms. The molecule has 13 heavy (non-hydrogen) atoms. The Labute approximate surface area is 77.2 Å². The van der Waals surface area contributed by atoms with Crippen molar-refractivity contribution in [2.45, 2.75) is 44.3 Å². The molecular weight excluding hydrogens is 172 g/mol. The maximum absolute atomic E-state index is 10.7. The lowest BCUT2D eigenvalue weighted by Crippen LogP contribution is -2.55. The molecule has 0 aromatic rings. The molecule has 1 aliphatic rings. The Bertz CT molecular complexity index is 220. The van der Waals surface area contributed by atoms with Crippen LogP contribution in [0.25, 0.3) is 0 Å². The monoisotopic (exact) mass is 188 g/mol. The third kappa shape index (κ3) is 1.84. The van der Waals surface area contributed by atoms with E-state index in [-0.39, 0.29) is 6.42 Å². The highest BCUT2D eigenvalue weighted by molar-refractivity contribution is 5.70. The molecule has 76 valence electrons. The van der Waals surface area contributed by atoms with Crippen molar-refractivity contribution in [3.63, 3.8) is 0 Å². The van der Waals surface area contributed by atoms with E-state index in [1.807, 2.05) is 0 Å². The van der Waals surface area contributed by atoms with Crippen LogP contribution >= 0.6 is 0 Å². The lowest BCUT2D eigenvalue weighted by atomic mass is 9.69. The van der Waals surface area contributed by atoms with Crippen LogP contribution in [-0.4, -0.2) is 32.5 Å². The van der Waals surface area contributed by atoms with Crippen molar-refractivity contribution in [1.82, 2.24) is 0 Å². The zero-order valence-corrected chi connectivity index (χ0v) is 7.95. The molecule has 0 saturated heterocycles. The van der Waals surface area contributed by atoms with Crippen molar-refractivity contribution in [2.24, 2.45) is 5.92 Å². The Kier molecular flexibility index (Phi) is 2.38. The standard InChI is InChI=1S/C9H16O4/c1-8(12)4-3-6(7(10)11)5-9(8,2)13/h6,12-13H,3-5H2,1-2H3,(H,10,11).